The van der Waals surface area contributed by atoms with Crippen LogP contribution in [0.15, 0.2) is 47.7 Å². The van der Waals surface area contributed by atoms with E-state index in [4.69, 9.17) is 14.5 Å². The lowest BCUT2D eigenvalue weighted by atomic mass is 10.2. The van der Waals surface area contributed by atoms with Gasteiger partial charge in [0.25, 0.3) is 0 Å². The molecule has 1 atom stereocenters. The Balaban J connectivity index is 0.00000392. The number of rotatable bonds is 11. The summed E-state index contributed by atoms with van der Waals surface area (Å²) in [5.74, 6) is 1.98. The quantitative estimate of drug-likeness (QED) is 0.213. The SMILES string of the molecule is CCNC(=NCC(C)Cn1cccn1)Nc1cccc(OCCCOC)c1.I. The van der Waals surface area contributed by atoms with Gasteiger partial charge in [-0.25, -0.2) is 0 Å². The number of guanidine groups is 1. The lowest BCUT2D eigenvalue weighted by molar-refractivity contribution is 0.172. The molecule has 8 heteroatoms. The van der Waals surface area contributed by atoms with Gasteiger partial charge >= 0.3 is 0 Å². The van der Waals surface area contributed by atoms with Crippen LogP contribution in [0.2, 0.25) is 0 Å². The number of aromatic nitrogens is 2. The van der Waals surface area contributed by atoms with Gasteiger partial charge < -0.3 is 20.1 Å². The Hall–Kier alpha value is -1.81. The molecule has 0 aliphatic rings. The van der Waals surface area contributed by atoms with Gasteiger partial charge in [-0.2, -0.15) is 5.10 Å². The molecule has 0 aliphatic heterocycles. The van der Waals surface area contributed by atoms with Crippen molar-refractivity contribution in [3.63, 3.8) is 0 Å². The maximum Gasteiger partial charge on any atom is 0.195 e. The summed E-state index contributed by atoms with van der Waals surface area (Å²) in [6, 6.07) is 9.84. The van der Waals surface area contributed by atoms with Crippen LogP contribution in [0.3, 0.4) is 0 Å². The number of hydrogen-bond donors (Lipinski definition) is 2. The maximum absolute atomic E-state index is 5.76. The van der Waals surface area contributed by atoms with E-state index in [1.54, 1.807) is 13.3 Å². The van der Waals surface area contributed by atoms with E-state index in [-0.39, 0.29) is 24.0 Å². The van der Waals surface area contributed by atoms with Crippen LogP contribution in [0.1, 0.15) is 20.3 Å². The molecular formula is C20H32IN5O2. The number of benzene rings is 1. The molecule has 1 aromatic carbocycles. The minimum Gasteiger partial charge on any atom is -0.493 e. The zero-order valence-corrected chi connectivity index (χ0v) is 19.3. The van der Waals surface area contributed by atoms with Crippen molar-refractivity contribution in [1.29, 1.82) is 0 Å². The van der Waals surface area contributed by atoms with Crippen LogP contribution >= 0.6 is 24.0 Å². The van der Waals surface area contributed by atoms with E-state index >= 15 is 0 Å². The predicted molar refractivity (Wildman–Crippen MR) is 125 cm³/mol. The lowest BCUT2D eigenvalue weighted by Crippen LogP contribution is -2.31. The molecule has 0 aliphatic carbocycles. The number of hydrogen-bond acceptors (Lipinski definition) is 4. The second kappa shape index (κ2) is 14.2. The van der Waals surface area contributed by atoms with Crippen molar-refractivity contribution in [3.05, 3.63) is 42.7 Å². The third-order valence-electron chi connectivity index (χ3n) is 3.82. The lowest BCUT2D eigenvalue weighted by Gasteiger charge is -2.14. The van der Waals surface area contributed by atoms with Crippen LogP contribution in [0.4, 0.5) is 5.69 Å². The van der Waals surface area contributed by atoms with E-state index in [1.165, 1.54) is 0 Å². The highest BCUT2D eigenvalue weighted by Crippen LogP contribution is 2.17. The first-order valence-corrected chi connectivity index (χ1v) is 9.45. The molecule has 0 fully saturated rings. The fraction of sp³-hybridized carbons (Fsp3) is 0.500. The molecule has 0 radical (unpaired) electrons. The van der Waals surface area contributed by atoms with Gasteiger partial charge in [-0.3, -0.25) is 9.67 Å². The highest BCUT2D eigenvalue weighted by atomic mass is 127. The molecule has 0 saturated heterocycles. The molecule has 28 heavy (non-hydrogen) atoms. The van der Waals surface area contributed by atoms with E-state index in [1.807, 2.05) is 41.2 Å². The van der Waals surface area contributed by atoms with E-state index in [9.17, 15) is 0 Å². The van der Waals surface area contributed by atoms with E-state index in [0.29, 0.717) is 25.7 Å². The summed E-state index contributed by atoms with van der Waals surface area (Å²) in [6.45, 7) is 7.92. The zero-order chi connectivity index (χ0) is 19.3. The van der Waals surface area contributed by atoms with Gasteiger partial charge in [-0.15, -0.1) is 24.0 Å². The second-order valence-electron chi connectivity index (χ2n) is 6.40. The molecule has 0 amide bonds. The Morgan fingerprint density at radius 2 is 2.14 bits per heavy atom. The fourth-order valence-electron chi connectivity index (χ4n) is 2.53. The summed E-state index contributed by atoms with van der Waals surface area (Å²) < 4.78 is 12.7. The van der Waals surface area contributed by atoms with Gasteiger partial charge in [0.1, 0.15) is 5.75 Å². The number of anilines is 1. The smallest absolute Gasteiger partial charge is 0.195 e. The molecule has 2 N–H and O–H groups in total. The molecule has 0 saturated carbocycles. The average Bonchev–Trinajstić information content (AvgIpc) is 3.17. The van der Waals surface area contributed by atoms with E-state index in [2.05, 4.69) is 29.6 Å². The largest absolute Gasteiger partial charge is 0.493 e. The highest BCUT2D eigenvalue weighted by Gasteiger charge is 2.05. The topological polar surface area (TPSA) is 72.7 Å². The molecule has 1 unspecified atom stereocenters. The van der Waals surface area contributed by atoms with Crippen molar-refractivity contribution in [2.24, 2.45) is 10.9 Å². The minimum absolute atomic E-state index is 0. The third-order valence-corrected chi connectivity index (χ3v) is 3.82. The van der Waals surface area contributed by atoms with E-state index in [0.717, 1.165) is 36.9 Å². The standard InChI is InChI=1S/C20H31N5O2.HI/c1-4-21-20(22-15-17(2)16-25-11-6-10-23-25)24-18-8-5-9-19(14-18)27-13-7-12-26-3;/h5-6,8-11,14,17H,4,7,12-13,15-16H2,1-3H3,(H2,21,22,24);1H. The molecule has 1 aromatic heterocycles. The van der Waals surface area contributed by atoms with Crippen LogP contribution in [0.25, 0.3) is 0 Å². The molecule has 0 spiro atoms. The number of nitrogens with zero attached hydrogens (tertiary/aromatic N) is 3. The van der Waals surface area contributed by atoms with Gasteiger partial charge in [-0.1, -0.05) is 13.0 Å². The Kier molecular flexibility index (Phi) is 12.3. The normalized spacial score (nSPS) is 12.2. The highest BCUT2D eigenvalue weighted by molar-refractivity contribution is 14.0. The Labute approximate surface area is 184 Å². The molecule has 2 rings (SSSR count). The van der Waals surface area contributed by atoms with Crippen LogP contribution in [0.5, 0.6) is 5.75 Å². The summed E-state index contributed by atoms with van der Waals surface area (Å²) in [6.07, 6.45) is 4.64. The zero-order valence-electron chi connectivity index (χ0n) is 16.9. The van der Waals surface area contributed by atoms with Crippen LogP contribution in [0, 0.1) is 5.92 Å². The number of ether oxygens (including phenoxy) is 2. The van der Waals surface area contributed by atoms with Crippen LogP contribution in [-0.4, -0.2) is 49.2 Å². The fourth-order valence-corrected chi connectivity index (χ4v) is 2.53. The minimum atomic E-state index is 0. The molecule has 2 aromatic rings. The van der Waals surface area contributed by atoms with Gasteiger partial charge in [0.2, 0.25) is 0 Å². The summed E-state index contributed by atoms with van der Waals surface area (Å²) in [5, 5.41) is 10.9. The average molecular weight is 501 g/mol. The Morgan fingerprint density at radius 3 is 2.86 bits per heavy atom. The first kappa shape index (κ1) is 24.2. The Bertz CT molecular complexity index is 679. The van der Waals surface area contributed by atoms with Crippen molar-refractivity contribution in [2.45, 2.75) is 26.8 Å². The first-order chi connectivity index (χ1) is 13.2. The predicted octanol–water partition coefficient (Wildman–Crippen LogP) is 3.63. The number of nitrogens with one attached hydrogen (secondary N) is 2. The monoisotopic (exact) mass is 501 g/mol. The number of methoxy groups -OCH3 is 1. The maximum atomic E-state index is 5.76. The Morgan fingerprint density at radius 1 is 1.29 bits per heavy atom. The van der Waals surface area contributed by atoms with Gasteiger partial charge in [-0.05, 0) is 31.0 Å². The van der Waals surface area contributed by atoms with Crippen molar-refractivity contribution in [3.8, 4) is 5.75 Å². The van der Waals surface area contributed by atoms with Crippen molar-refractivity contribution in [2.75, 3.05) is 38.7 Å². The van der Waals surface area contributed by atoms with Crippen molar-refractivity contribution in [1.82, 2.24) is 15.1 Å². The summed E-state index contributed by atoms with van der Waals surface area (Å²) >= 11 is 0. The molecule has 156 valence electrons. The molecular weight excluding hydrogens is 469 g/mol. The van der Waals surface area contributed by atoms with Gasteiger partial charge in [0.15, 0.2) is 5.96 Å². The molecule has 0 bridgehead atoms. The van der Waals surface area contributed by atoms with Crippen LogP contribution in [-0.2, 0) is 11.3 Å². The number of halogens is 1. The third kappa shape index (κ3) is 9.41. The molecule has 1 heterocycles. The second-order valence-corrected chi connectivity index (χ2v) is 6.40. The number of aliphatic imine (C=N–C) groups is 1. The first-order valence-electron chi connectivity index (χ1n) is 9.45. The van der Waals surface area contributed by atoms with Gasteiger partial charge in [0, 0.05) is 63.9 Å². The summed E-state index contributed by atoms with van der Waals surface area (Å²) in [7, 11) is 1.70. The van der Waals surface area contributed by atoms with E-state index < -0.39 is 0 Å². The summed E-state index contributed by atoms with van der Waals surface area (Å²) in [4.78, 5) is 4.70. The van der Waals surface area contributed by atoms with Crippen molar-refractivity contribution >= 4 is 35.6 Å². The van der Waals surface area contributed by atoms with Gasteiger partial charge in [0.05, 0.1) is 6.61 Å². The van der Waals surface area contributed by atoms with Crippen molar-refractivity contribution < 1.29 is 9.47 Å². The molecule has 7 nitrogen and oxygen atoms in total. The van der Waals surface area contributed by atoms with Crippen LogP contribution < -0.4 is 15.4 Å². The summed E-state index contributed by atoms with van der Waals surface area (Å²) in [5.41, 5.74) is 0.943.